The zero-order valence-corrected chi connectivity index (χ0v) is 8.55. The van der Waals surface area contributed by atoms with E-state index in [1.54, 1.807) is 0 Å². The minimum absolute atomic E-state index is 0.0449. The monoisotopic (exact) mass is 172 g/mol. The van der Waals surface area contributed by atoms with Crippen molar-refractivity contribution in [2.75, 3.05) is 0 Å². The van der Waals surface area contributed by atoms with E-state index in [-0.39, 0.29) is 11.2 Å². The van der Waals surface area contributed by atoms with E-state index in [2.05, 4.69) is 20.8 Å². The predicted molar refractivity (Wildman–Crippen MR) is 50.0 cm³/mol. The topological polar surface area (TPSA) is 37.3 Å². The summed E-state index contributed by atoms with van der Waals surface area (Å²) in [4.78, 5) is 11.1. The fourth-order valence-electron chi connectivity index (χ4n) is 0.847. The Hall–Kier alpha value is -0.370. The minimum atomic E-state index is -0.794. The van der Waals surface area contributed by atoms with Crippen LogP contribution < -0.4 is 0 Å². The highest BCUT2D eigenvalue weighted by Crippen LogP contribution is 2.26. The van der Waals surface area contributed by atoms with Gasteiger partial charge in [-0.05, 0) is 18.8 Å². The Morgan fingerprint density at radius 2 is 2.00 bits per heavy atom. The molecular weight excluding hydrogens is 152 g/mol. The molecule has 0 fully saturated rings. The molecule has 72 valence electrons. The lowest BCUT2D eigenvalue weighted by Gasteiger charge is -2.21. The molecule has 1 unspecified atom stereocenters. The van der Waals surface area contributed by atoms with E-state index in [4.69, 9.17) is 5.11 Å². The highest BCUT2D eigenvalue weighted by atomic mass is 16.3. The van der Waals surface area contributed by atoms with Crippen molar-refractivity contribution < 1.29 is 9.90 Å². The van der Waals surface area contributed by atoms with Crippen LogP contribution in [-0.4, -0.2) is 17.0 Å². The van der Waals surface area contributed by atoms with Gasteiger partial charge in [-0.3, -0.25) is 4.79 Å². The third-order valence-electron chi connectivity index (χ3n) is 2.47. The Morgan fingerprint density at radius 1 is 1.50 bits per heavy atom. The summed E-state index contributed by atoms with van der Waals surface area (Å²) in [5.74, 6) is -0.0449. The van der Waals surface area contributed by atoms with Crippen LogP contribution in [0.1, 0.15) is 47.0 Å². The Labute approximate surface area is 75.0 Å². The average Bonchev–Trinajstić information content (AvgIpc) is 2.00. The molecule has 0 aliphatic rings. The summed E-state index contributed by atoms with van der Waals surface area (Å²) >= 11 is 0. The molecule has 0 radical (unpaired) electrons. The fraction of sp³-hybridized carbons (Fsp3) is 0.900. The second kappa shape index (κ2) is 4.61. The molecule has 0 aromatic heterocycles. The summed E-state index contributed by atoms with van der Waals surface area (Å²) in [6.45, 7) is 7.93. The van der Waals surface area contributed by atoms with Gasteiger partial charge in [-0.25, -0.2) is 0 Å². The minimum Gasteiger partial charge on any atom is -0.386 e. The van der Waals surface area contributed by atoms with Gasteiger partial charge in [0.05, 0.1) is 0 Å². The molecule has 0 saturated carbocycles. The van der Waals surface area contributed by atoms with E-state index in [0.29, 0.717) is 6.42 Å². The molecule has 0 aliphatic heterocycles. The summed E-state index contributed by atoms with van der Waals surface area (Å²) in [6.07, 6.45) is 1.64. The number of ketones is 1. The summed E-state index contributed by atoms with van der Waals surface area (Å²) in [5.41, 5.74) is 0.227. The number of aliphatic hydroxyl groups is 1. The van der Waals surface area contributed by atoms with Crippen molar-refractivity contribution in [3.63, 3.8) is 0 Å². The van der Waals surface area contributed by atoms with Crippen molar-refractivity contribution in [1.82, 2.24) is 0 Å². The van der Waals surface area contributed by atoms with E-state index in [1.165, 1.54) is 6.92 Å². The predicted octanol–water partition coefficient (Wildman–Crippen LogP) is 2.15. The summed E-state index contributed by atoms with van der Waals surface area (Å²) in [7, 11) is 0. The summed E-state index contributed by atoms with van der Waals surface area (Å²) in [5, 5.41) is 8.94. The van der Waals surface area contributed by atoms with Gasteiger partial charge in [0.15, 0.2) is 5.78 Å². The maximum Gasteiger partial charge on any atom is 0.160 e. The Morgan fingerprint density at radius 3 is 2.33 bits per heavy atom. The third kappa shape index (κ3) is 4.50. The van der Waals surface area contributed by atoms with E-state index in [0.717, 1.165) is 12.8 Å². The van der Waals surface area contributed by atoms with E-state index < -0.39 is 6.10 Å². The molecule has 0 amide bonds. The van der Waals surface area contributed by atoms with Gasteiger partial charge in [0.1, 0.15) is 6.10 Å². The lowest BCUT2D eigenvalue weighted by atomic mass is 9.84. The SMILES string of the molecule is CCC(C)(C)CCC(=O)C(C)O. The van der Waals surface area contributed by atoms with Gasteiger partial charge in [-0.2, -0.15) is 0 Å². The quantitative estimate of drug-likeness (QED) is 0.690. The van der Waals surface area contributed by atoms with Crippen LogP contribution in [0.2, 0.25) is 0 Å². The first kappa shape index (κ1) is 11.6. The van der Waals surface area contributed by atoms with Crippen molar-refractivity contribution in [3.8, 4) is 0 Å². The molecule has 0 aliphatic carbocycles. The van der Waals surface area contributed by atoms with Gasteiger partial charge in [0.2, 0.25) is 0 Å². The van der Waals surface area contributed by atoms with Crippen LogP contribution in [0, 0.1) is 5.41 Å². The maximum absolute atomic E-state index is 11.1. The second-order valence-corrected chi connectivity index (χ2v) is 4.16. The number of Topliss-reactive ketones (excluding diaryl/α,β-unsaturated/α-hetero) is 1. The highest BCUT2D eigenvalue weighted by Gasteiger charge is 2.18. The first-order chi connectivity index (χ1) is 5.39. The molecule has 0 bridgehead atoms. The Kier molecular flexibility index (Phi) is 4.46. The average molecular weight is 172 g/mol. The van der Waals surface area contributed by atoms with Crippen LogP contribution in [0.15, 0.2) is 0 Å². The molecule has 0 rings (SSSR count). The van der Waals surface area contributed by atoms with E-state index in [9.17, 15) is 4.79 Å². The van der Waals surface area contributed by atoms with Gasteiger partial charge >= 0.3 is 0 Å². The normalized spacial score (nSPS) is 14.4. The van der Waals surface area contributed by atoms with Crippen molar-refractivity contribution in [1.29, 1.82) is 0 Å². The zero-order valence-electron chi connectivity index (χ0n) is 8.55. The molecule has 0 aromatic carbocycles. The maximum atomic E-state index is 11.1. The van der Waals surface area contributed by atoms with E-state index in [1.807, 2.05) is 0 Å². The van der Waals surface area contributed by atoms with E-state index >= 15 is 0 Å². The molecule has 1 atom stereocenters. The van der Waals surface area contributed by atoms with Gasteiger partial charge in [-0.1, -0.05) is 27.2 Å². The van der Waals surface area contributed by atoms with Crippen molar-refractivity contribution >= 4 is 5.78 Å². The molecular formula is C10H20O2. The van der Waals surface area contributed by atoms with Gasteiger partial charge in [-0.15, -0.1) is 0 Å². The van der Waals surface area contributed by atoms with Gasteiger partial charge < -0.3 is 5.11 Å². The Balaban J connectivity index is 3.76. The Bertz CT molecular complexity index is 148. The molecule has 2 nitrogen and oxygen atoms in total. The molecule has 2 heteroatoms. The van der Waals surface area contributed by atoms with Crippen LogP contribution in [0.5, 0.6) is 0 Å². The number of rotatable bonds is 5. The van der Waals surface area contributed by atoms with Crippen LogP contribution in [0.25, 0.3) is 0 Å². The van der Waals surface area contributed by atoms with Crippen molar-refractivity contribution in [3.05, 3.63) is 0 Å². The number of aliphatic hydroxyl groups excluding tert-OH is 1. The van der Waals surface area contributed by atoms with Crippen molar-refractivity contribution in [2.45, 2.75) is 53.1 Å². The van der Waals surface area contributed by atoms with Gasteiger partial charge in [0.25, 0.3) is 0 Å². The highest BCUT2D eigenvalue weighted by molar-refractivity contribution is 5.82. The van der Waals surface area contributed by atoms with Crippen LogP contribution in [0.3, 0.4) is 0 Å². The molecule has 0 spiro atoms. The van der Waals surface area contributed by atoms with Crippen LogP contribution in [-0.2, 0) is 4.79 Å². The standard InChI is InChI=1S/C10H20O2/c1-5-10(3,4)7-6-9(12)8(2)11/h8,11H,5-7H2,1-4H3. The van der Waals surface area contributed by atoms with Crippen LogP contribution >= 0.6 is 0 Å². The molecule has 1 N–H and O–H groups in total. The van der Waals surface area contributed by atoms with Crippen LogP contribution in [0.4, 0.5) is 0 Å². The third-order valence-corrected chi connectivity index (χ3v) is 2.47. The fourth-order valence-corrected chi connectivity index (χ4v) is 0.847. The number of hydrogen-bond acceptors (Lipinski definition) is 2. The smallest absolute Gasteiger partial charge is 0.160 e. The van der Waals surface area contributed by atoms with Gasteiger partial charge in [0, 0.05) is 6.42 Å². The number of hydrogen-bond donors (Lipinski definition) is 1. The molecule has 0 saturated heterocycles. The first-order valence-corrected chi connectivity index (χ1v) is 4.60. The first-order valence-electron chi connectivity index (χ1n) is 4.60. The molecule has 0 heterocycles. The summed E-state index contributed by atoms with van der Waals surface area (Å²) < 4.78 is 0. The number of carbonyl (C=O) groups excluding carboxylic acids is 1. The lowest BCUT2D eigenvalue weighted by Crippen LogP contribution is -2.19. The lowest BCUT2D eigenvalue weighted by molar-refractivity contribution is -0.126. The zero-order chi connectivity index (χ0) is 9.78. The summed E-state index contributed by atoms with van der Waals surface area (Å²) in [6, 6.07) is 0. The second-order valence-electron chi connectivity index (χ2n) is 4.16. The molecule has 0 aromatic rings. The largest absolute Gasteiger partial charge is 0.386 e. The van der Waals surface area contributed by atoms with Crippen molar-refractivity contribution in [2.24, 2.45) is 5.41 Å². The molecule has 12 heavy (non-hydrogen) atoms. The number of carbonyl (C=O) groups is 1.